The molecular weight excluding hydrogens is 521 g/mol. The maximum atomic E-state index is 13.1. The smallest absolute Gasteiger partial charge is 0.781 e. The molecule has 0 aliphatic rings. The van der Waals surface area contributed by atoms with Crippen LogP contribution < -0.4 is 34.5 Å². The fraction of sp³-hybridized carbons (Fsp3) is 1.00. The Balaban J connectivity index is 0. The third-order valence-electron chi connectivity index (χ3n) is 2.90. The van der Waals surface area contributed by atoms with E-state index in [0.29, 0.717) is 0 Å². The van der Waals surface area contributed by atoms with Crippen LogP contribution in [0.1, 0.15) is 0 Å². The van der Waals surface area contributed by atoms with E-state index >= 15 is 0 Å². The van der Waals surface area contributed by atoms with Crippen molar-refractivity contribution < 1.29 is 118 Å². The summed E-state index contributed by atoms with van der Waals surface area (Å²) in [5.41, 5.74) is 0. The van der Waals surface area contributed by atoms with Crippen LogP contribution in [0.25, 0.3) is 0 Å². The van der Waals surface area contributed by atoms with E-state index in [1.54, 1.807) is 0 Å². The quantitative estimate of drug-likeness (QED) is 0.278. The van der Waals surface area contributed by atoms with Gasteiger partial charge in [-0.2, -0.15) is 74.6 Å². The van der Waals surface area contributed by atoms with Crippen LogP contribution in [0.3, 0.4) is 0 Å². The molecule has 22 heteroatoms. The van der Waals surface area contributed by atoms with Crippen LogP contribution in [0, 0.1) is 0 Å². The molecule has 1 atom stereocenters. The van der Waals surface area contributed by atoms with Gasteiger partial charge in [-0.3, -0.25) is 4.52 Å². The molecule has 0 bridgehead atoms. The van der Waals surface area contributed by atoms with Gasteiger partial charge in [0, 0.05) is 0 Å². The normalized spacial score (nSPS) is 16.9. The Hall–Kier alpha value is -0.0400. The molecule has 30 heavy (non-hydrogen) atoms. The average molecular weight is 522 g/mol. The van der Waals surface area contributed by atoms with E-state index in [0.717, 1.165) is 0 Å². The van der Waals surface area contributed by atoms with E-state index in [-0.39, 0.29) is 29.6 Å². The predicted octanol–water partition coefficient (Wildman–Crippen LogP) is 1.72. The standard InChI is InChI=1S/C8H2F17O3P.Na/c9-1(10,3(13,14)5(17,18)7(21,22)23)2(11,12)4(15,16)6(19,20)8(24,25)28-29(26)27;/h29H,(H,26,27);/q;+1/p-1. The van der Waals surface area contributed by atoms with Crippen LogP contribution in [-0.4, -0.2) is 47.8 Å². The molecule has 0 aromatic carbocycles. The van der Waals surface area contributed by atoms with Crippen LogP contribution in [0.2, 0.25) is 0 Å². The first-order valence-electron chi connectivity index (χ1n) is 5.78. The van der Waals surface area contributed by atoms with Crippen molar-refractivity contribution in [2.45, 2.75) is 47.8 Å². The molecule has 0 fully saturated rings. The van der Waals surface area contributed by atoms with Crippen molar-refractivity contribution >= 4 is 8.25 Å². The fourth-order valence-electron chi connectivity index (χ4n) is 1.32. The van der Waals surface area contributed by atoms with Gasteiger partial charge in [0.1, 0.15) is 8.25 Å². The van der Waals surface area contributed by atoms with Crippen molar-refractivity contribution in [2.75, 3.05) is 0 Å². The first-order valence-corrected chi connectivity index (χ1v) is 7.00. The van der Waals surface area contributed by atoms with Gasteiger partial charge in [0.15, 0.2) is 0 Å². The predicted molar refractivity (Wildman–Crippen MR) is 50.8 cm³/mol. The van der Waals surface area contributed by atoms with Crippen molar-refractivity contribution in [2.24, 2.45) is 0 Å². The summed E-state index contributed by atoms with van der Waals surface area (Å²) in [6.07, 6.45) is -15.2. The van der Waals surface area contributed by atoms with Crippen molar-refractivity contribution in [1.29, 1.82) is 0 Å². The Labute approximate surface area is 174 Å². The van der Waals surface area contributed by atoms with Gasteiger partial charge in [-0.1, -0.05) is 0 Å². The van der Waals surface area contributed by atoms with Crippen molar-refractivity contribution in [3.63, 3.8) is 0 Å². The maximum absolute atomic E-state index is 13.1. The van der Waals surface area contributed by atoms with Crippen LogP contribution in [0.4, 0.5) is 74.6 Å². The molecule has 0 spiro atoms. The van der Waals surface area contributed by atoms with E-state index in [4.69, 9.17) is 0 Å². The molecule has 0 amide bonds. The summed E-state index contributed by atoms with van der Waals surface area (Å²) in [6.45, 7) is 0. The number of hydrogen-bond donors (Lipinski definition) is 0. The Morgan fingerprint density at radius 3 is 0.967 bits per heavy atom. The monoisotopic (exact) mass is 522 g/mol. The van der Waals surface area contributed by atoms with Crippen LogP contribution in [-0.2, 0) is 9.09 Å². The average Bonchev–Trinajstić information content (AvgIpc) is 2.43. The zero-order valence-corrected chi connectivity index (χ0v) is 16.2. The molecule has 0 rings (SSSR count). The third-order valence-corrected chi connectivity index (χ3v) is 3.33. The molecule has 0 heterocycles. The minimum atomic E-state index is -8.77. The Morgan fingerprint density at radius 2 is 0.733 bits per heavy atom. The molecule has 3 nitrogen and oxygen atoms in total. The van der Waals surface area contributed by atoms with Gasteiger partial charge in [-0.05, 0) is 0 Å². The van der Waals surface area contributed by atoms with Gasteiger partial charge in [0.25, 0.3) is 0 Å². The zero-order chi connectivity index (χ0) is 24.3. The third kappa shape index (κ3) is 4.40. The summed E-state index contributed by atoms with van der Waals surface area (Å²) in [4.78, 5) is 9.75. The van der Waals surface area contributed by atoms with Gasteiger partial charge in [-0.25, -0.2) is 0 Å². The second kappa shape index (κ2) is 8.39. The van der Waals surface area contributed by atoms with Crippen molar-refractivity contribution in [3.05, 3.63) is 0 Å². The van der Waals surface area contributed by atoms with E-state index < -0.39 is 56.1 Å². The summed E-state index contributed by atoms with van der Waals surface area (Å²) in [7, 11) is -5.70. The van der Waals surface area contributed by atoms with E-state index in [2.05, 4.69) is 0 Å². The van der Waals surface area contributed by atoms with E-state index in [1.807, 2.05) is 4.52 Å². The van der Waals surface area contributed by atoms with Gasteiger partial charge in [0.2, 0.25) is 0 Å². The molecule has 0 N–H and O–H groups in total. The van der Waals surface area contributed by atoms with Crippen LogP contribution in [0.5, 0.6) is 0 Å². The molecule has 0 aromatic heterocycles. The molecule has 0 saturated heterocycles. The molecule has 0 aliphatic carbocycles. The minimum Gasteiger partial charge on any atom is -0.781 e. The van der Waals surface area contributed by atoms with Crippen molar-refractivity contribution in [1.82, 2.24) is 0 Å². The van der Waals surface area contributed by atoms with Crippen molar-refractivity contribution in [3.8, 4) is 0 Å². The maximum Gasteiger partial charge on any atom is 1.00 e. The summed E-state index contributed by atoms with van der Waals surface area (Å²) in [5, 5.41) is 0. The topological polar surface area (TPSA) is 49.4 Å². The number of rotatable bonds is 8. The molecular formula is C8HF17NaO3P. The van der Waals surface area contributed by atoms with Gasteiger partial charge in [-0.15, -0.1) is 0 Å². The van der Waals surface area contributed by atoms with Crippen LogP contribution >= 0.6 is 8.25 Å². The Kier molecular flexibility index (Phi) is 8.98. The van der Waals surface area contributed by atoms with Crippen LogP contribution in [0.15, 0.2) is 0 Å². The Morgan fingerprint density at radius 1 is 0.500 bits per heavy atom. The first-order chi connectivity index (χ1) is 12.2. The SMILES string of the molecule is O=[PH]([O-])OC(F)(F)C(F)(F)C(F)(F)C(F)(F)C(F)(F)C(F)(F)C(F)(F)C(F)(F)F.[Na+]. The second-order valence-electron chi connectivity index (χ2n) is 4.81. The molecule has 0 aromatic rings. The van der Waals surface area contributed by atoms with Gasteiger partial charge >= 0.3 is 77.4 Å². The van der Waals surface area contributed by atoms with Gasteiger partial charge in [0.05, 0.1) is 0 Å². The number of halogens is 17. The van der Waals surface area contributed by atoms with Gasteiger partial charge < -0.3 is 9.46 Å². The molecule has 176 valence electrons. The molecule has 0 aliphatic heterocycles. The minimum absolute atomic E-state index is 0. The number of alkyl halides is 17. The molecule has 1 unspecified atom stereocenters. The fourth-order valence-corrected chi connectivity index (χ4v) is 1.66. The Bertz CT molecular complexity index is 643. The summed E-state index contributed by atoms with van der Waals surface area (Å²) >= 11 is 0. The summed E-state index contributed by atoms with van der Waals surface area (Å²) < 4.78 is 227. The molecule has 0 radical (unpaired) electrons. The second-order valence-corrected chi connectivity index (χ2v) is 5.52. The van der Waals surface area contributed by atoms with E-state index in [9.17, 15) is 84.1 Å². The zero-order valence-electron chi connectivity index (χ0n) is 13.2. The molecule has 0 saturated carbocycles. The summed E-state index contributed by atoms with van der Waals surface area (Å²) in [5.74, 6) is -51.2. The largest absolute Gasteiger partial charge is 1.00 e. The first kappa shape index (κ1) is 32.1. The van der Waals surface area contributed by atoms with E-state index in [1.165, 1.54) is 0 Å². The summed E-state index contributed by atoms with van der Waals surface area (Å²) in [6, 6.07) is 0. The number of hydrogen-bond acceptors (Lipinski definition) is 3.